The van der Waals surface area contributed by atoms with Crippen LogP contribution in [0.5, 0.6) is 0 Å². The van der Waals surface area contributed by atoms with Crippen LogP contribution in [0.3, 0.4) is 0 Å². The van der Waals surface area contributed by atoms with Crippen LogP contribution in [-0.2, 0) is 0 Å². The summed E-state index contributed by atoms with van der Waals surface area (Å²) in [6.45, 7) is 10.4. The highest BCUT2D eigenvalue weighted by atomic mass is 15.2. The number of aromatic nitrogens is 2. The van der Waals surface area contributed by atoms with Crippen LogP contribution in [0.2, 0.25) is 0 Å². The van der Waals surface area contributed by atoms with Crippen LogP contribution in [0.4, 0.5) is 0 Å². The average molecular weight is 233 g/mol. The second-order valence-electron chi connectivity index (χ2n) is 5.43. The van der Waals surface area contributed by atoms with E-state index in [1.165, 1.54) is 6.42 Å². The van der Waals surface area contributed by atoms with Gasteiger partial charge in [-0.05, 0) is 45.7 Å². The van der Waals surface area contributed by atoms with E-state index in [1.54, 1.807) is 0 Å². The quantitative estimate of drug-likeness (QED) is 0.786. The molecule has 0 spiro atoms. The summed E-state index contributed by atoms with van der Waals surface area (Å²) in [5, 5.41) is 0. The molecule has 0 saturated carbocycles. The van der Waals surface area contributed by atoms with Gasteiger partial charge in [0.05, 0.1) is 0 Å². The van der Waals surface area contributed by atoms with E-state index in [9.17, 15) is 0 Å². The minimum absolute atomic E-state index is 0.515. The fraction of sp³-hybridized carbons (Fsp3) is 0.714. The van der Waals surface area contributed by atoms with Crippen LogP contribution in [0, 0.1) is 5.92 Å². The third kappa shape index (κ3) is 2.49. The summed E-state index contributed by atoms with van der Waals surface area (Å²) < 4.78 is 0. The topological polar surface area (TPSA) is 29.0 Å². The van der Waals surface area contributed by atoms with Crippen molar-refractivity contribution < 1.29 is 0 Å². The van der Waals surface area contributed by atoms with Gasteiger partial charge in [-0.15, -0.1) is 0 Å². The summed E-state index contributed by atoms with van der Waals surface area (Å²) in [7, 11) is 0. The Labute approximate surface area is 104 Å². The van der Waals surface area contributed by atoms with E-state index < -0.39 is 0 Å². The Morgan fingerprint density at radius 3 is 2.47 bits per heavy atom. The Kier molecular flexibility index (Phi) is 3.77. The van der Waals surface area contributed by atoms with Crippen LogP contribution >= 0.6 is 0 Å². The van der Waals surface area contributed by atoms with Gasteiger partial charge in [-0.2, -0.15) is 0 Å². The number of hydrogen-bond donors (Lipinski definition) is 0. The van der Waals surface area contributed by atoms with Gasteiger partial charge in [0.15, 0.2) is 0 Å². The Balaban J connectivity index is 2.14. The van der Waals surface area contributed by atoms with E-state index in [0.29, 0.717) is 23.9 Å². The van der Waals surface area contributed by atoms with Crippen LogP contribution in [0.1, 0.15) is 45.9 Å². The summed E-state index contributed by atoms with van der Waals surface area (Å²) >= 11 is 0. The van der Waals surface area contributed by atoms with Gasteiger partial charge in [-0.25, -0.2) is 9.97 Å². The lowest BCUT2D eigenvalue weighted by atomic mass is 9.80. The zero-order chi connectivity index (χ0) is 12.4. The number of piperidine rings is 1. The summed E-state index contributed by atoms with van der Waals surface area (Å²) in [6.07, 6.45) is 4.89. The summed E-state index contributed by atoms with van der Waals surface area (Å²) in [5.74, 6) is 2.16. The first-order valence-corrected chi connectivity index (χ1v) is 6.64. The van der Waals surface area contributed by atoms with Crippen molar-refractivity contribution in [3.8, 4) is 0 Å². The maximum atomic E-state index is 4.43. The Hall–Kier alpha value is -0.960. The average Bonchev–Trinajstić information content (AvgIpc) is 2.33. The summed E-state index contributed by atoms with van der Waals surface area (Å²) in [5.41, 5.74) is 0. The highest BCUT2D eigenvalue weighted by Gasteiger charge is 2.35. The van der Waals surface area contributed by atoms with Crippen LogP contribution in [0.15, 0.2) is 18.5 Å². The van der Waals surface area contributed by atoms with Crippen LogP contribution in [0.25, 0.3) is 0 Å². The zero-order valence-electron chi connectivity index (χ0n) is 11.3. The molecule has 3 unspecified atom stereocenters. The summed E-state index contributed by atoms with van der Waals surface area (Å²) in [6, 6.07) is 3.13. The van der Waals surface area contributed by atoms with E-state index in [4.69, 9.17) is 0 Å². The molecule has 17 heavy (non-hydrogen) atoms. The Bertz CT molecular complexity index is 350. The van der Waals surface area contributed by atoms with E-state index >= 15 is 0 Å². The number of rotatable bonds is 2. The number of hydrogen-bond acceptors (Lipinski definition) is 3. The van der Waals surface area contributed by atoms with E-state index in [0.717, 1.165) is 12.4 Å². The maximum absolute atomic E-state index is 4.43. The minimum atomic E-state index is 0.515. The van der Waals surface area contributed by atoms with E-state index in [1.807, 2.05) is 18.5 Å². The highest BCUT2D eigenvalue weighted by Crippen LogP contribution is 2.35. The molecule has 1 aliphatic heterocycles. The third-order valence-corrected chi connectivity index (χ3v) is 4.20. The number of likely N-dealkylation sites (tertiary alicyclic amines) is 1. The highest BCUT2D eigenvalue weighted by molar-refractivity contribution is 5.03. The molecule has 1 fully saturated rings. The molecule has 0 bridgehead atoms. The van der Waals surface area contributed by atoms with Crippen molar-refractivity contribution in [2.45, 2.75) is 52.1 Å². The summed E-state index contributed by atoms with van der Waals surface area (Å²) in [4.78, 5) is 11.4. The first-order valence-electron chi connectivity index (χ1n) is 6.64. The lowest BCUT2D eigenvalue weighted by molar-refractivity contribution is 0.0658. The molecule has 0 amide bonds. The lowest BCUT2D eigenvalue weighted by Crippen LogP contribution is -2.49. The first kappa shape index (κ1) is 12.5. The zero-order valence-corrected chi connectivity index (χ0v) is 11.3. The standard InChI is InChI=1S/C14H23N3/c1-10(2)17-9-6-13(11(3)12(17)4)14-15-7-5-8-16-14/h5,7-8,10-13H,6,9H2,1-4H3. The minimum Gasteiger partial charge on any atom is -0.298 e. The van der Waals surface area contributed by atoms with Gasteiger partial charge in [0.25, 0.3) is 0 Å². The molecule has 3 atom stereocenters. The molecule has 0 aliphatic carbocycles. The molecule has 0 N–H and O–H groups in total. The Morgan fingerprint density at radius 1 is 1.24 bits per heavy atom. The van der Waals surface area contributed by atoms with Gasteiger partial charge in [0, 0.05) is 30.4 Å². The molecule has 3 nitrogen and oxygen atoms in total. The van der Waals surface area contributed by atoms with Crippen molar-refractivity contribution in [3.05, 3.63) is 24.3 Å². The van der Waals surface area contributed by atoms with Gasteiger partial charge in [0.2, 0.25) is 0 Å². The molecule has 1 aromatic heterocycles. The SMILES string of the molecule is CC1C(c2ncccn2)CCN(C(C)C)C1C. The monoisotopic (exact) mass is 233 g/mol. The fourth-order valence-electron chi connectivity index (χ4n) is 2.99. The third-order valence-electron chi connectivity index (χ3n) is 4.20. The molecular formula is C14H23N3. The van der Waals surface area contributed by atoms with Crippen molar-refractivity contribution in [2.24, 2.45) is 5.92 Å². The largest absolute Gasteiger partial charge is 0.298 e. The van der Waals surface area contributed by atoms with Crippen LogP contribution in [-0.4, -0.2) is 33.5 Å². The molecule has 0 aromatic carbocycles. The molecule has 2 heterocycles. The smallest absolute Gasteiger partial charge is 0.131 e. The fourth-order valence-corrected chi connectivity index (χ4v) is 2.99. The normalized spacial score (nSPS) is 30.8. The van der Waals surface area contributed by atoms with Crippen molar-refractivity contribution >= 4 is 0 Å². The van der Waals surface area contributed by atoms with Crippen molar-refractivity contribution in [1.29, 1.82) is 0 Å². The van der Waals surface area contributed by atoms with E-state index in [-0.39, 0.29) is 0 Å². The van der Waals surface area contributed by atoms with Gasteiger partial charge in [0.1, 0.15) is 5.82 Å². The van der Waals surface area contributed by atoms with Crippen LogP contribution < -0.4 is 0 Å². The van der Waals surface area contributed by atoms with Crippen molar-refractivity contribution in [3.63, 3.8) is 0 Å². The van der Waals surface area contributed by atoms with E-state index in [2.05, 4.69) is 42.6 Å². The van der Waals surface area contributed by atoms with Gasteiger partial charge < -0.3 is 0 Å². The predicted molar refractivity (Wildman–Crippen MR) is 69.9 cm³/mol. The molecule has 0 radical (unpaired) electrons. The molecular weight excluding hydrogens is 210 g/mol. The van der Waals surface area contributed by atoms with Crippen molar-refractivity contribution in [1.82, 2.24) is 14.9 Å². The lowest BCUT2D eigenvalue weighted by Gasteiger charge is -2.44. The molecule has 2 rings (SSSR count). The molecule has 1 saturated heterocycles. The molecule has 3 heteroatoms. The first-order chi connectivity index (χ1) is 8.11. The molecule has 1 aliphatic rings. The number of nitrogens with zero attached hydrogens (tertiary/aromatic N) is 3. The molecule has 94 valence electrons. The predicted octanol–water partition coefficient (Wildman–Crippen LogP) is 2.70. The maximum Gasteiger partial charge on any atom is 0.131 e. The van der Waals surface area contributed by atoms with Gasteiger partial charge >= 0.3 is 0 Å². The van der Waals surface area contributed by atoms with Gasteiger partial charge in [-0.1, -0.05) is 6.92 Å². The van der Waals surface area contributed by atoms with Gasteiger partial charge in [-0.3, -0.25) is 4.90 Å². The Morgan fingerprint density at radius 2 is 1.88 bits per heavy atom. The molecule has 1 aromatic rings. The second kappa shape index (κ2) is 5.13. The second-order valence-corrected chi connectivity index (χ2v) is 5.43. The van der Waals surface area contributed by atoms with Crippen molar-refractivity contribution in [2.75, 3.05) is 6.54 Å².